The Morgan fingerprint density at radius 1 is 1.52 bits per heavy atom. The van der Waals surface area contributed by atoms with Gasteiger partial charge in [-0.15, -0.1) is 11.3 Å². The molecule has 5 heteroatoms. The molecule has 1 saturated heterocycles. The van der Waals surface area contributed by atoms with Crippen LogP contribution in [-0.4, -0.2) is 11.6 Å². The van der Waals surface area contributed by atoms with Crippen molar-refractivity contribution in [1.29, 1.82) is 0 Å². The van der Waals surface area contributed by atoms with Gasteiger partial charge in [-0.25, -0.2) is 4.98 Å². The van der Waals surface area contributed by atoms with Gasteiger partial charge < -0.3 is 10.1 Å². The molecule has 1 aliphatic heterocycles. The van der Waals surface area contributed by atoms with Crippen LogP contribution in [0.5, 0.6) is 0 Å². The minimum atomic E-state index is 0.228. The molecule has 112 valence electrons. The first-order valence-electron chi connectivity index (χ1n) is 7.27. The van der Waals surface area contributed by atoms with E-state index in [0.29, 0.717) is 6.04 Å². The van der Waals surface area contributed by atoms with Crippen molar-refractivity contribution < 1.29 is 4.74 Å². The van der Waals surface area contributed by atoms with Crippen molar-refractivity contribution in [1.82, 2.24) is 10.3 Å². The minimum Gasteiger partial charge on any atom is -0.371 e. The summed E-state index contributed by atoms with van der Waals surface area (Å²) in [5.41, 5.74) is 1.29. The first-order valence-corrected chi connectivity index (χ1v) is 8.88. The second-order valence-corrected chi connectivity index (χ2v) is 7.39. The highest BCUT2D eigenvalue weighted by atomic mass is 79.9. The Balaban J connectivity index is 1.57. The van der Waals surface area contributed by atoms with Gasteiger partial charge in [0.15, 0.2) is 0 Å². The molecule has 21 heavy (non-hydrogen) atoms. The molecule has 1 aromatic heterocycles. The first kappa shape index (κ1) is 15.2. The third-order valence-electron chi connectivity index (χ3n) is 3.71. The number of thiazole rings is 1. The lowest BCUT2D eigenvalue weighted by molar-refractivity contribution is 0.111. The van der Waals surface area contributed by atoms with Crippen molar-refractivity contribution in [2.24, 2.45) is 0 Å². The van der Waals surface area contributed by atoms with E-state index in [4.69, 9.17) is 4.74 Å². The van der Waals surface area contributed by atoms with Gasteiger partial charge >= 0.3 is 0 Å². The van der Waals surface area contributed by atoms with Crippen LogP contribution in [0.2, 0.25) is 0 Å². The lowest BCUT2D eigenvalue weighted by Gasteiger charge is -2.13. The monoisotopic (exact) mass is 366 g/mol. The maximum absolute atomic E-state index is 5.68. The Kier molecular flexibility index (Phi) is 5.06. The van der Waals surface area contributed by atoms with Gasteiger partial charge in [0.25, 0.3) is 0 Å². The van der Waals surface area contributed by atoms with E-state index in [0.717, 1.165) is 35.5 Å². The van der Waals surface area contributed by atoms with Crippen LogP contribution >= 0.6 is 27.3 Å². The lowest BCUT2D eigenvalue weighted by atomic mass is 10.1. The summed E-state index contributed by atoms with van der Waals surface area (Å²) in [5, 5.41) is 4.68. The summed E-state index contributed by atoms with van der Waals surface area (Å²) in [7, 11) is 0. The van der Waals surface area contributed by atoms with Gasteiger partial charge in [-0.05, 0) is 37.5 Å². The van der Waals surface area contributed by atoms with Crippen molar-refractivity contribution >= 4 is 27.3 Å². The van der Waals surface area contributed by atoms with E-state index in [1.807, 2.05) is 12.3 Å². The zero-order valence-electron chi connectivity index (χ0n) is 12.0. The topological polar surface area (TPSA) is 34.2 Å². The van der Waals surface area contributed by atoms with Gasteiger partial charge in [0.1, 0.15) is 11.1 Å². The molecular formula is C16H19BrN2OS. The molecule has 0 unspecified atom stereocenters. The molecule has 0 radical (unpaired) electrons. The number of hydrogen-bond donors (Lipinski definition) is 1. The molecule has 0 bridgehead atoms. The van der Waals surface area contributed by atoms with Crippen molar-refractivity contribution in [3.05, 3.63) is 50.4 Å². The largest absolute Gasteiger partial charge is 0.371 e. The number of rotatable bonds is 5. The number of nitrogens with zero attached hydrogens (tertiary/aromatic N) is 1. The van der Waals surface area contributed by atoms with E-state index in [9.17, 15) is 0 Å². The predicted molar refractivity (Wildman–Crippen MR) is 89.4 cm³/mol. The van der Waals surface area contributed by atoms with Crippen LogP contribution in [0.4, 0.5) is 0 Å². The summed E-state index contributed by atoms with van der Waals surface area (Å²) in [6.45, 7) is 3.90. The van der Waals surface area contributed by atoms with Crippen molar-refractivity contribution in [2.45, 2.75) is 38.5 Å². The number of halogens is 1. The van der Waals surface area contributed by atoms with Crippen LogP contribution < -0.4 is 5.32 Å². The van der Waals surface area contributed by atoms with Crippen molar-refractivity contribution in [2.75, 3.05) is 6.61 Å². The van der Waals surface area contributed by atoms with Gasteiger partial charge in [0, 0.05) is 34.7 Å². The van der Waals surface area contributed by atoms with Crippen LogP contribution in [0, 0.1) is 0 Å². The maximum Gasteiger partial charge on any atom is 0.122 e. The molecule has 0 amide bonds. The second kappa shape index (κ2) is 7.01. The normalized spacial score (nSPS) is 19.8. The average molecular weight is 367 g/mol. The molecule has 1 N–H and O–H groups in total. The van der Waals surface area contributed by atoms with Crippen molar-refractivity contribution in [3.8, 4) is 0 Å². The molecule has 3 nitrogen and oxygen atoms in total. The summed E-state index contributed by atoms with van der Waals surface area (Å²) in [5.74, 6) is 0. The molecule has 2 aromatic rings. The fourth-order valence-electron chi connectivity index (χ4n) is 2.47. The molecule has 2 heterocycles. The zero-order valence-corrected chi connectivity index (χ0v) is 14.4. The molecular weight excluding hydrogens is 348 g/mol. The fraction of sp³-hybridized carbons (Fsp3) is 0.438. The Bertz CT molecular complexity index is 595. The summed E-state index contributed by atoms with van der Waals surface area (Å²) in [4.78, 5) is 5.78. The summed E-state index contributed by atoms with van der Waals surface area (Å²) < 4.78 is 6.80. The Morgan fingerprint density at radius 3 is 3.19 bits per heavy atom. The number of ether oxygens (including phenoxy) is 1. The Morgan fingerprint density at radius 2 is 2.43 bits per heavy atom. The highest BCUT2D eigenvalue weighted by Gasteiger charge is 2.20. The fourth-order valence-corrected chi connectivity index (χ4v) is 3.84. The van der Waals surface area contributed by atoms with Crippen LogP contribution in [0.3, 0.4) is 0 Å². The quantitative estimate of drug-likeness (QED) is 0.838. The molecule has 2 atom stereocenters. The van der Waals surface area contributed by atoms with Crippen LogP contribution in [0.1, 0.15) is 47.4 Å². The Labute approximate surface area is 137 Å². The highest BCUT2D eigenvalue weighted by Crippen LogP contribution is 2.31. The molecule has 1 aliphatic rings. The van der Waals surface area contributed by atoms with E-state index in [1.165, 1.54) is 10.4 Å². The second-order valence-electron chi connectivity index (χ2n) is 5.32. The van der Waals surface area contributed by atoms with Crippen LogP contribution in [-0.2, 0) is 11.3 Å². The van der Waals surface area contributed by atoms with Crippen molar-refractivity contribution in [3.63, 3.8) is 0 Å². The van der Waals surface area contributed by atoms with E-state index < -0.39 is 0 Å². The number of aromatic nitrogens is 1. The maximum atomic E-state index is 5.68. The molecule has 0 aliphatic carbocycles. The third kappa shape index (κ3) is 3.92. The van der Waals surface area contributed by atoms with E-state index >= 15 is 0 Å². The van der Waals surface area contributed by atoms with Gasteiger partial charge in [-0.3, -0.25) is 0 Å². The average Bonchev–Trinajstić information content (AvgIpc) is 3.15. The van der Waals surface area contributed by atoms with Crippen LogP contribution in [0.15, 0.2) is 34.9 Å². The summed E-state index contributed by atoms with van der Waals surface area (Å²) in [6.07, 6.45) is 4.46. The summed E-state index contributed by atoms with van der Waals surface area (Å²) in [6, 6.07) is 8.73. The van der Waals surface area contributed by atoms with Gasteiger partial charge in [-0.1, -0.05) is 28.1 Å². The minimum absolute atomic E-state index is 0.228. The van der Waals surface area contributed by atoms with Gasteiger partial charge in [0.05, 0.1) is 0 Å². The summed E-state index contributed by atoms with van der Waals surface area (Å²) >= 11 is 5.28. The standard InChI is InChI=1S/C16H19BrN2OS/c1-11(12-4-2-5-13(17)8-12)18-9-14-10-19-16(21-14)15-6-3-7-20-15/h2,4-5,8,10-11,15,18H,3,6-7,9H2,1H3/t11-,15+/m1/s1. The third-order valence-corrected chi connectivity index (χ3v) is 5.29. The highest BCUT2D eigenvalue weighted by molar-refractivity contribution is 9.10. The SMILES string of the molecule is C[C@@H](NCc1cnc([C@@H]2CCCO2)s1)c1cccc(Br)c1. The predicted octanol–water partition coefficient (Wildman–Crippen LogP) is 4.61. The molecule has 0 spiro atoms. The smallest absolute Gasteiger partial charge is 0.122 e. The first-order chi connectivity index (χ1) is 10.2. The number of hydrogen-bond acceptors (Lipinski definition) is 4. The molecule has 3 rings (SSSR count). The molecule has 0 saturated carbocycles. The van der Waals surface area contributed by atoms with Gasteiger partial charge in [-0.2, -0.15) is 0 Å². The molecule has 1 fully saturated rings. The van der Waals surface area contributed by atoms with E-state index in [2.05, 4.69) is 51.4 Å². The van der Waals surface area contributed by atoms with Gasteiger partial charge in [0.2, 0.25) is 0 Å². The van der Waals surface area contributed by atoms with Crippen LogP contribution in [0.25, 0.3) is 0 Å². The molecule has 1 aromatic carbocycles. The van der Waals surface area contributed by atoms with E-state index in [-0.39, 0.29) is 6.10 Å². The number of benzene rings is 1. The number of nitrogens with one attached hydrogen (secondary N) is 1. The van der Waals surface area contributed by atoms with E-state index in [1.54, 1.807) is 11.3 Å². The Hall–Kier alpha value is -0.750. The zero-order chi connectivity index (χ0) is 14.7. The lowest BCUT2D eigenvalue weighted by Crippen LogP contribution is -2.17.